The van der Waals surface area contributed by atoms with Crippen molar-refractivity contribution in [2.24, 2.45) is 0 Å². The van der Waals surface area contributed by atoms with Crippen molar-refractivity contribution in [3.63, 3.8) is 0 Å². The van der Waals surface area contributed by atoms with Gasteiger partial charge in [-0.05, 0) is 16.6 Å². The van der Waals surface area contributed by atoms with Crippen LogP contribution in [0.3, 0.4) is 0 Å². The number of thiophene rings is 1. The highest BCUT2D eigenvalue weighted by atomic mass is 79.9. The molecule has 0 aromatic carbocycles. The van der Waals surface area contributed by atoms with Gasteiger partial charge in [0.2, 0.25) is 0 Å². The quantitative estimate of drug-likeness (QED) is 0.511. The van der Waals surface area contributed by atoms with Gasteiger partial charge in [0.1, 0.15) is 0 Å². The highest BCUT2D eigenvalue weighted by Gasteiger charge is 2.28. The first-order chi connectivity index (χ1) is 6.27. The largest absolute Gasteiger partial charge is 0.149 e. The fourth-order valence-electron chi connectivity index (χ4n) is 1.54. The van der Waals surface area contributed by atoms with E-state index in [1.54, 1.807) is 9.32 Å². The summed E-state index contributed by atoms with van der Waals surface area (Å²) >= 11 is 11.2. The molecule has 1 aromatic heterocycles. The van der Waals surface area contributed by atoms with Crippen LogP contribution in [-0.4, -0.2) is 13.3 Å². The first-order valence-corrected chi connectivity index (χ1v) is 8.40. The number of alkyl halides is 1. The molecule has 0 saturated heterocycles. The Morgan fingerprint density at radius 3 is 3.15 bits per heavy atom. The van der Waals surface area contributed by atoms with Gasteiger partial charge in [0, 0.05) is 18.7 Å². The molecule has 13 heavy (non-hydrogen) atoms. The summed E-state index contributed by atoms with van der Waals surface area (Å²) in [6.07, 6.45) is 0. The van der Waals surface area contributed by atoms with Crippen molar-refractivity contribution in [3.8, 4) is 0 Å². The molecule has 0 aliphatic carbocycles. The minimum Gasteiger partial charge on any atom is -0.149 e. The molecule has 3 heterocycles. The van der Waals surface area contributed by atoms with Gasteiger partial charge < -0.3 is 0 Å². The van der Waals surface area contributed by atoms with E-state index in [1.165, 1.54) is 14.6 Å². The van der Waals surface area contributed by atoms with Crippen molar-refractivity contribution in [1.29, 1.82) is 0 Å². The highest BCUT2D eigenvalue weighted by molar-refractivity contribution is 9.15. The minimum atomic E-state index is 0.357. The van der Waals surface area contributed by atoms with Gasteiger partial charge in [-0.1, -0.05) is 31.9 Å². The molecular weight excluding hydrogens is 348 g/mol. The van der Waals surface area contributed by atoms with Crippen LogP contribution in [-0.2, 0) is 0 Å². The van der Waals surface area contributed by atoms with E-state index < -0.39 is 0 Å². The van der Waals surface area contributed by atoms with Crippen LogP contribution in [0, 0.1) is 4.13 Å². The van der Waals surface area contributed by atoms with Crippen molar-refractivity contribution >= 4 is 69.0 Å². The van der Waals surface area contributed by atoms with Crippen LogP contribution in [0.25, 0.3) is 4.91 Å². The van der Waals surface area contributed by atoms with Crippen molar-refractivity contribution in [2.75, 3.05) is 0 Å². The Kier molecular flexibility index (Phi) is 2.21. The molecule has 0 fully saturated rings. The first-order valence-electron chi connectivity index (χ1n) is 3.77. The number of thioether (sulfide) groups is 1. The van der Waals surface area contributed by atoms with Gasteiger partial charge in [-0.25, -0.2) is 0 Å². The predicted molar refractivity (Wildman–Crippen MR) is 69.6 cm³/mol. The molecule has 66 valence electrons. The summed E-state index contributed by atoms with van der Waals surface area (Å²) in [5.41, 5.74) is 0. The minimum absolute atomic E-state index is 0.357. The molecule has 5 heteroatoms. The van der Waals surface area contributed by atoms with Crippen molar-refractivity contribution < 1.29 is 0 Å². The summed E-state index contributed by atoms with van der Waals surface area (Å²) in [4.78, 5) is 1.51. The molecule has 1 unspecified atom stereocenters. The Labute approximate surface area is 103 Å². The maximum Gasteiger partial charge on any atom is 0.0962 e. The number of hydrogen-bond acceptors (Lipinski definition) is 2. The lowest BCUT2D eigenvalue weighted by molar-refractivity contribution is 1.68. The second kappa shape index (κ2) is 3.17. The van der Waals surface area contributed by atoms with E-state index in [1.807, 2.05) is 23.1 Å². The van der Waals surface area contributed by atoms with Gasteiger partial charge in [-0.2, -0.15) is 0 Å². The van der Waals surface area contributed by atoms with Crippen LogP contribution in [0.15, 0.2) is 21.1 Å². The number of rotatable bonds is 0. The summed E-state index contributed by atoms with van der Waals surface area (Å²) < 4.78 is 3.43. The third-order valence-corrected chi connectivity index (χ3v) is 9.68. The molecule has 2 aliphatic rings. The Morgan fingerprint density at radius 1 is 1.46 bits per heavy atom. The second-order valence-electron chi connectivity index (χ2n) is 2.87. The zero-order chi connectivity index (χ0) is 9.00. The van der Waals surface area contributed by atoms with E-state index in [0.29, 0.717) is 13.3 Å². The van der Waals surface area contributed by atoms with Crippen LogP contribution >= 0.6 is 55.0 Å². The SMILES string of the molecule is BrC1=C2[SiH]=c3sccc3=C2SC1Br. The smallest absolute Gasteiger partial charge is 0.0962 e. The fraction of sp³-hybridized carbons (Fsp3) is 0.125. The van der Waals surface area contributed by atoms with E-state index >= 15 is 0 Å². The standard InChI is InChI=1S/C8H4Br2S2Si/c9-4-6-5(12-7(4)10)3-1-2-11-8(3)13-6/h1-2,7,13H. The van der Waals surface area contributed by atoms with Crippen LogP contribution < -0.4 is 5.22 Å². The average molecular weight is 352 g/mol. The second-order valence-corrected chi connectivity index (χ2v) is 9.17. The Morgan fingerprint density at radius 2 is 2.31 bits per heavy atom. The molecule has 0 saturated carbocycles. The van der Waals surface area contributed by atoms with E-state index in [2.05, 4.69) is 43.3 Å². The first kappa shape index (κ1) is 9.09. The normalized spacial score (nSPS) is 24.8. The summed E-state index contributed by atoms with van der Waals surface area (Å²) in [7, 11) is 0.357. The van der Waals surface area contributed by atoms with Crippen LogP contribution in [0.2, 0.25) is 0 Å². The fourth-order valence-corrected chi connectivity index (χ4v) is 7.96. The molecule has 3 rings (SSSR count). The van der Waals surface area contributed by atoms with Gasteiger partial charge in [-0.3, -0.25) is 0 Å². The number of halogens is 2. The number of hydrogen-bond donors (Lipinski definition) is 0. The number of fused-ring (bicyclic) bond motifs is 2. The molecule has 0 amide bonds. The monoisotopic (exact) mass is 350 g/mol. The molecule has 0 nitrogen and oxygen atoms in total. The van der Waals surface area contributed by atoms with Gasteiger partial charge in [0.25, 0.3) is 0 Å². The summed E-state index contributed by atoms with van der Waals surface area (Å²) in [6.45, 7) is 0. The molecule has 0 radical (unpaired) electrons. The Bertz CT molecular complexity index is 529. The third-order valence-electron chi connectivity index (χ3n) is 2.14. The third kappa shape index (κ3) is 1.24. The molecular formula is C8H4Br2S2Si. The lowest BCUT2D eigenvalue weighted by atomic mass is 10.4. The van der Waals surface area contributed by atoms with Crippen LogP contribution in [0.5, 0.6) is 0 Å². The van der Waals surface area contributed by atoms with Gasteiger partial charge >= 0.3 is 0 Å². The van der Waals surface area contributed by atoms with E-state index in [-0.39, 0.29) is 0 Å². The Hall–Kier alpha value is 0.837. The zero-order valence-corrected chi connectivity index (χ0v) is 12.3. The lowest BCUT2D eigenvalue weighted by Gasteiger charge is -1.96. The topological polar surface area (TPSA) is 0 Å². The van der Waals surface area contributed by atoms with Crippen LogP contribution in [0.4, 0.5) is 0 Å². The maximum atomic E-state index is 3.67. The highest BCUT2D eigenvalue weighted by Crippen LogP contribution is 2.48. The van der Waals surface area contributed by atoms with Crippen LogP contribution in [0.1, 0.15) is 0 Å². The molecule has 0 spiro atoms. The van der Waals surface area contributed by atoms with E-state index in [0.717, 1.165) is 0 Å². The Balaban J connectivity index is 2.42. The summed E-state index contributed by atoms with van der Waals surface area (Å²) in [5.74, 6) is 0. The maximum absolute atomic E-state index is 3.67. The van der Waals surface area contributed by atoms with Crippen molar-refractivity contribution in [2.45, 2.75) is 4.16 Å². The van der Waals surface area contributed by atoms with Gasteiger partial charge in [-0.15, -0.1) is 23.1 Å². The van der Waals surface area contributed by atoms with E-state index in [4.69, 9.17) is 0 Å². The van der Waals surface area contributed by atoms with Crippen molar-refractivity contribution in [3.05, 3.63) is 30.5 Å². The molecule has 1 atom stereocenters. The molecule has 1 aromatic rings. The van der Waals surface area contributed by atoms with Gasteiger partial charge in [0.05, 0.1) is 13.3 Å². The molecule has 0 N–H and O–H groups in total. The predicted octanol–water partition coefficient (Wildman–Crippen LogP) is 2.63. The molecule has 2 aliphatic heterocycles. The summed E-state index contributed by atoms with van der Waals surface area (Å²) in [6, 6.07) is 2.26. The van der Waals surface area contributed by atoms with Crippen molar-refractivity contribution in [1.82, 2.24) is 0 Å². The lowest BCUT2D eigenvalue weighted by Crippen LogP contribution is -1.95. The van der Waals surface area contributed by atoms with E-state index in [9.17, 15) is 0 Å². The summed E-state index contributed by atoms with van der Waals surface area (Å²) in [5, 5.41) is 5.28. The zero-order valence-electron chi connectivity index (χ0n) is 6.38. The van der Waals surface area contributed by atoms with Gasteiger partial charge in [0.15, 0.2) is 0 Å². The molecule has 0 bridgehead atoms. The average Bonchev–Trinajstić information content (AvgIpc) is 2.70.